The smallest absolute Gasteiger partial charge is 0.124 e. The molecule has 0 N–H and O–H groups in total. The first kappa shape index (κ1) is 10.5. The number of carbonyl (C=O) groups is 1. The largest absolute Gasteiger partial charge is 0.303 e. The molecule has 2 saturated carbocycles. The molecule has 2 aliphatic rings. The van der Waals surface area contributed by atoms with Crippen molar-refractivity contribution in [2.75, 3.05) is 0 Å². The Balaban J connectivity index is 1.95. The van der Waals surface area contributed by atoms with Gasteiger partial charge in [-0.15, -0.1) is 0 Å². The Morgan fingerprint density at radius 2 is 1.94 bits per heavy atom. The van der Waals surface area contributed by atoms with Gasteiger partial charge >= 0.3 is 0 Å². The minimum absolute atomic E-state index is 0.209. The molecule has 0 saturated heterocycles. The molecule has 0 spiro atoms. The summed E-state index contributed by atoms with van der Waals surface area (Å²) in [6.07, 6.45) is 6.19. The topological polar surface area (TPSA) is 17.1 Å². The highest BCUT2D eigenvalue weighted by molar-refractivity contribution is 9.10. The average Bonchev–Trinajstić information content (AvgIpc) is 2.92. The predicted molar refractivity (Wildman–Crippen MR) is 67.3 cm³/mol. The Hall–Kier alpha value is -0.630. The molecular formula is C14H15BrO. The molecule has 0 bridgehead atoms. The van der Waals surface area contributed by atoms with Crippen molar-refractivity contribution in [3.8, 4) is 0 Å². The zero-order valence-electron chi connectivity index (χ0n) is 9.16. The molecule has 0 aromatic heterocycles. The standard InChI is InChI=1S/C14H15BrO/c15-13-6-4-11(5-7-13)14(8-12(14)9-16)10-2-1-3-10/h4-7,9-10,12H,1-3,8H2. The van der Waals surface area contributed by atoms with Crippen molar-refractivity contribution in [1.29, 1.82) is 0 Å². The van der Waals surface area contributed by atoms with Crippen molar-refractivity contribution in [3.05, 3.63) is 34.3 Å². The number of carbonyl (C=O) groups excluding carboxylic acids is 1. The molecule has 2 atom stereocenters. The molecular weight excluding hydrogens is 264 g/mol. The lowest BCUT2D eigenvalue weighted by Gasteiger charge is -2.35. The molecule has 1 aromatic rings. The van der Waals surface area contributed by atoms with Crippen LogP contribution in [0.15, 0.2) is 28.7 Å². The van der Waals surface area contributed by atoms with E-state index in [0.29, 0.717) is 0 Å². The second-order valence-electron chi connectivity index (χ2n) is 5.12. The summed E-state index contributed by atoms with van der Waals surface area (Å²) in [5.74, 6) is 1.03. The van der Waals surface area contributed by atoms with Crippen molar-refractivity contribution in [1.82, 2.24) is 0 Å². The lowest BCUT2D eigenvalue weighted by molar-refractivity contribution is -0.109. The lowest BCUT2D eigenvalue weighted by atomic mass is 9.69. The minimum Gasteiger partial charge on any atom is -0.303 e. The first-order valence-electron chi connectivity index (χ1n) is 5.99. The van der Waals surface area contributed by atoms with E-state index in [9.17, 15) is 4.79 Å². The van der Waals surface area contributed by atoms with Crippen LogP contribution in [0.5, 0.6) is 0 Å². The maximum Gasteiger partial charge on any atom is 0.124 e. The van der Waals surface area contributed by atoms with E-state index in [1.807, 2.05) is 0 Å². The molecule has 2 unspecified atom stereocenters. The van der Waals surface area contributed by atoms with Crippen LogP contribution < -0.4 is 0 Å². The summed E-state index contributed by atoms with van der Waals surface area (Å²) < 4.78 is 1.11. The highest BCUT2D eigenvalue weighted by atomic mass is 79.9. The van der Waals surface area contributed by atoms with Gasteiger partial charge in [0.25, 0.3) is 0 Å². The van der Waals surface area contributed by atoms with Gasteiger partial charge in [0.1, 0.15) is 6.29 Å². The number of benzene rings is 1. The molecule has 0 radical (unpaired) electrons. The maximum atomic E-state index is 11.1. The highest BCUT2D eigenvalue weighted by Crippen LogP contribution is 2.63. The molecule has 1 nitrogen and oxygen atoms in total. The van der Waals surface area contributed by atoms with Crippen LogP contribution in [0.2, 0.25) is 0 Å². The molecule has 1 aromatic carbocycles. The molecule has 84 valence electrons. The van der Waals surface area contributed by atoms with Gasteiger partial charge in [-0.25, -0.2) is 0 Å². The summed E-state index contributed by atoms with van der Waals surface area (Å²) in [7, 11) is 0. The molecule has 0 aliphatic heterocycles. The SMILES string of the molecule is O=CC1CC1(c1ccc(Br)cc1)C1CCC1. The molecule has 0 heterocycles. The molecule has 2 fully saturated rings. The predicted octanol–water partition coefficient (Wildman–Crippen LogP) is 3.71. The Labute approximate surface area is 104 Å². The summed E-state index contributed by atoms with van der Waals surface area (Å²) >= 11 is 3.46. The van der Waals surface area contributed by atoms with Gasteiger partial charge in [0.15, 0.2) is 0 Å². The molecule has 2 heteroatoms. The maximum absolute atomic E-state index is 11.1. The minimum atomic E-state index is 0.209. The third-order valence-electron chi connectivity index (χ3n) is 4.44. The summed E-state index contributed by atoms with van der Waals surface area (Å²) in [6.45, 7) is 0. The van der Waals surface area contributed by atoms with Crippen molar-refractivity contribution in [3.63, 3.8) is 0 Å². The Bertz CT molecular complexity index is 407. The summed E-state index contributed by atoms with van der Waals surface area (Å²) in [4.78, 5) is 11.1. The zero-order valence-corrected chi connectivity index (χ0v) is 10.7. The summed E-state index contributed by atoms with van der Waals surface area (Å²) in [5, 5.41) is 0. The Morgan fingerprint density at radius 1 is 1.25 bits per heavy atom. The van der Waals surface area contributed by atoms with Gasteiger partial charge in [-0.3, -0.25) is 0 Å². The van der Waals surface area contributed by atoms with Crippen LogP contribution in [0.4, 0.5) is 0 Å². The van der Waals surface area contributed by atoms with Gasteiger partial charge in [0.2, 0.25) is 0 Å². The third kappa shape index (κ3) is 1.39. The molecule has 3 rings (SSSR count). The molecule has 2 aliphatic carbocycles. The van der Waals surface area contributed by atoms with Crippen LogP contribution in [-0.4, -0.2) is 6.29 Å². The zero-order chi connectivity index (χ0) is 11.2. The fourth-order valence-corrected chi connectivity index (χ4v) is 3.46. The van der Waals surface area contributed by atoms with Crippen LogP contribution in [-0.2, 0) is 10.2 Å². The van der Waals surface area contributed by atoms with E-state index in [-0.39, 0.29) is 11.3 Å². The second-order valence-corrected chi connectivity index (χ2v) is 6.04. The van der Waals surface area contributed by atoms with Gasteiger partial charge in [0, 0.05) is 15.8 Å². The Morgan fingerprint density at radius 3 is 2.38 bits per heavy atom. The van der Waals surface area contributed by atoms with Crippen molar-refractivity contribution >= 4 is 22.2 Å². The summed E-state index contributed by atoms with van der Waals surface area (Å²) in [5.41, 5.74) is 1.58. The van der Waals surface area contributed by atoms with Crippen LogP contribution in [0, 0.1) is 11.8 Å². The van der Waals surface area contributed by atoms with Gasteiger partial charge in [-0.05, 0) is 42.9 Å². The van der Waals surface area contributed by atoms with Crippen molar-refractivity contribution in [2.24, 2.45) is 11.8 Å². The van der Waals surface area contributed by atoms with E-state index in [2.05, 4.69) is 40.2 Å². The number of hydrogen-bond donors (Lipinski definition) is 0. The van der Waals surface area contributed by atoms with Gasteiger partial charge in [-0.1, -0.05) is 34.5 Å². The third-order valence-corrected chi connectivity index (χ3v) is 4.97. The van der Waals surface area contributed by atoms with Gasteiger partial charge < -0.3 is 4.79 Å². The van der Waals surface area contributed by atoms with E-state index in [1.54, 1.807) is 0 Å². The number of halogens is 1. The van der Waals surface area contributed by atoms with Gasteiger partial charge in [0.05, 0.1) is 0 Å². The van der Waals surface area contributed by atoms with Gasteiger partial charge in [-0.2, -0.15) is 0 Å². The van der Waals surface area contributed by atoms with Crippen molar-refractivity contribution in [2.45, 2.75) is 31.1 Å². The monoisotopic (exact) mass is 278 g/mol. The highest BCUT2D eigenvalue weighted by Gasteiger charge is 2.60. The fraction of sp³-hybridized carbons (Fsp3) is 0.500. The van der Waals surface area contributed by atoms with Crippen LogP contribution in [0.1, 0.15) is 31.2 Å². The first-order chi connectivity index (χ1) is 7.77. The van der Waals surface area contributed by atoms with E-state index < -0.39 is 0 Å². The van der Waals surface area contributed by atoms with Crippen LogP contribution in [0.3, 0.4) is 0 Å². The fourth-order valence-electron chi connectivity index (χ4n) is 3.20. The van der Waals surface area contributed by atoms with E-state index in [0.717, 1.165) is 16.8 Å². The average molecular weight is 279 g/mol. The quantitative estimate of drug-likeness (QED) is 0.771. The lowest BCUT2D eigenvalue weighted by Crippen LogP contribution is -2.29. The summed E-state index contributed by atoms with van der Waals surface area (Å²) in [6, 6.07) is 8.56. The number of rotatable bonds is 3. The second kappa shape index (κ2) is 3.69. The number of aldehydes is 1. The van der Waals surface area contributed by atoms with Crippen LogP contribution in [0.25, 0.3) is 0 Å². The first-order valence-corrected chi connectivity index (χ1v) is 6.78. The Kier molecular flexibility index (Phi) is 2.43. The van der Waals surface area contributed by atoms with Crippen LogP contribution >= 0.6 is 15.9 Å². The normalized spacial score (nSPS) is 33.2. The molecule has 16 heavy (non-hydrogen) atoms. The van der Waals surface area contributed by atoms with Crippen molar-refractivity contribution < 1.29 is 4.79 Å². The van der Waals surface area contributed by atoms with E-state index >= 15 is 0 Å². The van der Waals surface area contributed by atoms with E-state index in [4.69, 9.17) is 0 Å². The molecule has 0 amide bonds. The number of hydrogen-bond acceptors (Lipinski definition) is 1. The van der Waals surface area contributed by atoms with E-state index in [1.165, 1.54) is 31.1 Å².